The van der Waals surface area contributed by atoms with Crippen LogP contribution in [0, 0.1) is 6.92 Å². The van der Waals surface area contributed by atoms with Crippen LogP contribution in [0.25, 0.3) is 6.08 Å². The van der Waals surface area contributed by atoms with Gasteiger partial charge in [0.25, 0.3) is 0 Å². The minimum absolute atomic E-state index is 1.01. The lowest BCUT2D eigenvalue weighted by Crippen LogP contribution is -2.09. The van der Waals surface area contributed by atoms with Crippen molar-refractivity contribution in [1.29, 1.82) is 0 Å². The van der Waals surface area contributed by atoms with Crippen molar-refractivity contribution in [3.63, 3.8) is 0 Å². The minimum atomic E-state index is 1.01. The maximum atomic E-state index is 3.19. The molecule has 0 saturated carbocycles. The molecule has 68 valence electrons. The number of benzene rings is 1. The number of likely N-dealkylation sites (N-methyl/N-ethyl adjacent to an activating group) is 1. The molecular formula is C12H15N. The standard InChI is InChI=1S/C12H15N/c1-9-3-4-11-6-10(8-13-2)7-12(11)5-9/h3-5,7,13H,6,8H2,1-2H3. The van der Waals surface area contributed by atoms with E-state index in [0.29, 0.717) is 0 Å². The molecule has 1 aromatic rings. The molecule has 0 saturated heterocycles. The third kappa shape index (κ3) is 1.65. The second-order valence-electron chi connectivity index (χ2n) is 3.71. The van der Waals surface area contributed by atoms with E-state index in [1.165, 1.54) is 22.3 Å². The summed E-state index contributed by atoms with van der Waals surface area (Å²) >= 11 is 0. The molecule has 0 radical (unpaired) electrons. The van der Waals surface area contributed by atoms with Gasteiger partial charge in [0.1, 0.15) is 0 Å². The molecule has 0 spiro atoms. The molecule has 0 fully saturated rings. The SMILES string of the molecule is CNCC1=Cc2cc(C)ccc2C1. The lowest BCUT2D eigenvalue weighted by atomic mass is 10.1. The fourth-order valence-corrected chi connectivity index (χ4v) is 1.87. The maximum absolute atomic E-state index is 3.19. The van der Waals surface area contributed by atoms with E-state index in [4.69, 9.17) is 0 Å². The summed E-state index contributed by atoms with van der Waals surface area (Å²) < 4.78 is 0. The van der Waals surface area contributed by atoms with Crippen molar-refractivity contribution in [2.24, 2.45) is 0 Å². The Morgan fingerprint density at radius 3 is 3.00 bits per heavy atom. The zero-order valence-corrected chi connectivity index (χ0v) is 8.22. The highest BCUT2D eigenvalue weighted by molar-refractivity contribution is 5.64. The van der Waals surface area contributed by atoms with E-state index in [9.17, 15) is 0 Å². The van der Waals surface area contributed by atoms with Crippen molar-refractivity contribution in [3.8, 4) is 0 Å². The first kappa shape index (κ1) is 8.52. The molecule has 1 aliphatic rings. The van der Waals surface area contributed by atoms with Crippen LogP contribution in [0.5, 0.6) is 0 Å². The van der Waals surface area contributed by atoms with Crippen molar-refractivity contribution in [1.82, 2.24) is 5.32 Å². The molecule has 0 bridgehead atoms. The number of fused-ring (bicyclic) bond motifs is 1. The fourth-order valence-electron chi connectivity index (χ4n) is 1.87. The molecule has 1 heteroatoms. The van der Waals surface area contributed by atoms with Crippen molar-refractivity contribution in [3.05, 3.63) is 40.5 Å². The van der Waals surface area contributed by atoms with Gasteiger partial charge < -0.3 is 5.32 Å². The predicted octanol–water partition coefficient (Wildman–Crippen LogP) is 2.15. The first-order valence-electron chi connectivity index (χ1n) is 4.73. The molecule has 1 N–H and O–H groups in total. The molecule has 0 atom stereocenters. The molecule has 0 aromatic heterocycles. The third-order valence-corrected chi connectivity index (χ3v) is 2.48. The second kappa shape index (κ2) is 3.35. The summed E-state index contributed by atoms with van der Waals surface area (Å²) in [6.07, 6.45) is 3.43. The monoisotopic (exact) mass is 173 g/mol. The Morgan fingerprint density at radius 2 is 2.23 bits per heavy atom. The maximum Gasteiger partial charge on any atom is 0.0168 e. The fraction of sp³-hybridized carbons (Fsp3) is 0.333. The normalized spacial score (nSPS) is 14.2. The molecule has 1 aromatic carbocycles. The molecule has 1 nitrogen and oxygen atoms in total. The summed E-state index contributed by atoms with van der Waals surface area (Å²) in [4.78, 5) is 0. The first-order chi connectivity index (χ1) is 6.29. The van der Waals surface area contributed by atoms with Crippen molar-refractivity contribution in [2.75, 3.05) is 13.6 Å². The lowest BCUT2D eigenvalue weighted by Gasteiger charge is -2.00. The molecule has 0 heterocycles. The van der Waals surface area contributed by atoms with Crippen molar-refractivity contribution >= 4 is 6.08 Å². The smallest absolute Gasteiger partial charge is 0.0168 e. The number of rotatable bonds is 2. The summed E-state index contributed by atoms with van der Waals surface area (Å²) in [5.74, 6) is 0. The predicted molar refractivity (Wildman–Crippen MR) is 56.8 cm³/mol. The molecule has 0 amide bonds. The minimum Gasteiger partial charge on any atom is -0.316 e. The molecule has 1 aliphatic carbocycles. The molecule has 2 rings (SSSR count). The van der Waals surface area contributed by atoms with Crippen LogP contribution in [-0.4, -0.2) is 13.6 Å². The van der Waals surface area contributed by atoms with E-state index in [2.05, 4.69) is 36.5 Å². The lowest BCUT2D eigenvalue weighted by molar-refractivity contribution is 0.866. The average Bonchev–Trinajstić information content (AvgIpc) is 2.46. The number of hydrogen-bond acceptors (Lipinski definition) is 1. The van der Waals surface area contributed by atoms with Gasteiger partial charge in [-0.1, -0.05) is 35.4 Å². The number of aryl methyl sites for hydroxylation is 1. The Hall–Kier alpha value is -1.08. The van der Waals surface area contributed by atoms with Crippen LogP contribution in [0.2, 0.25) is 0 Å². The Balaban J connectivity index is 2.27. The summed E-state index contributed by atoms with van der Waals surface area (Å²) in [6, 6.07) is 6.69. The highest BCUT2D eigenvalue weighted by Gasteiger charge is 2.10. The van der Waals surface area contributed by atoms with E-state index in [0.717, 1.165) is 13.0 Å². The van der Waals surface area contributed by atoms with E-state index < -0.39 is 0 Å². The second-order valence-corrected chi connectivity index (χ2v) is 3.71. The van der Waals surface area contributed by atoms with E-state index in [1.54, 1.807) is 0 Å². The van der Waals surface area contributed by atoms with E-state index in [-0.39, 0.29) is 0 Å². The highest BCUT2D eigenvalue weighted by atomic mass is 14.8. The molecule has 13 heavy (non-hydrogen) atoms. The van der Waals surface area contributed by atoms with Gasteiger partial charge in [-0.3, -0.25) is 0 Å². The largest absolute Gasteiger partial charge is 0.316 e. The molecule has 0 aliphatic heterocycles. The Morgan fingerprint density at radius 1 is 1.38 bits per heavy atom. The van der Waals surface area contributed by atoms with Crippen LogP contribution in [0.4, 0.5) is 0 Å². The van der Waals surface area contributed by atoms with Gasteiger partial charge in [-0.15, -0.1) is 0 Å². The topological polar surface area (TPSA) is 12.0 Å². The van der Waals surface area contributed by atoms with Crippen LogP contribution >= 0.6 is 0 Å². The van der Waals surface area contributed by atoms with Crippen LogP contribution in [0.1, 0.15) is 16.7 Å². The summed E-state index contributed by atoms with van der Waals surface area (Å²) in [5.41, 5.74) is 5.71. The third-order valence-electron chi connectivity index (χ3n) is 2.48. The van der Waals surface area contributed by atoms with Crippen LogP contribution in [-0.2, 0) is 6.42 Å². The van der Waals surface area contributed by atoms with Crippen LogP contribution in [0.3, 0.4) is 0 Å². The Kier molecular flexibility index (Phi) is 2.19. The zero-order chi connectivity index (χ0) is 9.26. The first-order valence-corrected chi connectivity index (χ1v) is 4.73. The van der Waals surface area contributed by atoms with Gasteiger partial charge >= 0.3 is 0 Å². The summed E-state index contributed by atoms with van der Waals surface area (Å²) in [6.45, 7) is 3.15. The van der Waals surface area contributed by atoms with Gasteiger partial charge in [0.2, 0.25) is 0 Å². The van der Waals surface area contributed by atoms with Crippen molar-refractivity contribution in [2.45, 2.75) is 13.3 Å². The van der Waals surface area contributed by atoms with Gasteiger partial charge in [-0.2, -0.15) is 0 Å². The Labute approximate surface area is 79.5 Å². The quantitative estimate of drug-likeness (QED) is 0.722. The number of nitrogens with one attached hydrogen (secondary N) is 1. The highest BCUT2D eigenvalue weighted by Crippen LogP contribution is 2.25. The number of hydrogen-bond donors (Lipinski definition) is 1. The molecular weight excluding hydrogens is 158 g/mol. The Bertz CT molecular complexity index is 350. The van der Waals surface area contributed by atoms with Crippen LogP contribution < -0.4 is 5.32 Å². The van der Waals surface area contributed by atoms with E-state index >= 15 is 0 Å². The molecule has 0 unspecified atom stereocenters. The zero-order valence-electron chi connectivity index (χ0n) is 8.22. The van der Waals surface area contributed by atoms with Gasteiger partial charge in [-0.25, -0.2) is 0 Å². The van der Waals surface area contributed by atoms with Crippen molar-refractivity contribution < 1.29 is 0 Å². The van der Waals surface area contributed by atoms with E-state index in [1.807, 2.05) is 7.05 Å². The van der Waals surface area contributed by atoms with Gasteiger partial charge in [0, 0.05) is 6.54 Å². The van der Waals surface area contributed by atoms with Gasteiger partial charge in [0.05, 0.1) is 0 Å². The van der Waals surface area contributed by atoms with Crippen LogP contribution in [0.15, 0.2) is 23.8 Å². The summed E-state index contributed by atoms with van der Waals surface area (Å²) in [5, 5.41) is 3.19. The summed E-state index contributed by atoms with van der Waals surface area (Å²) in [7, 11) is 2.00. The van der Waals surface area contributed by atoms with Gasteiger partial charge in [-0.05, 0) is 31.5 Å². The average molecular weight is 173 g/mol. The van der Waals surface area contributed by atoms with Gasteiger partial charge in [0.15, 0.2) is 0 Å².